The van der Waals surface area contributed by atoms with Crippen LogP contribution in [0.5, 0.6) is 0 Å². The summed E-state index contributed by atoms with van der Waals surface area (Å²) < 4.78 is 5.34. The molecule has 2 aliphatic rings. The summed E-state index contributed by atoms with van der Waals surface area (Å²) in [5.74, 6) is 2.71. The van der Waals surface area contributed by atoms with Crippen LogP contribution in [0.2, 0.25) is 0 Å². The monoisotopic (exact) mass is 426 g/mol. The fraction of sp³-hybridized carbons (Fsp3) is 0.292. The largest absolute Gasteiger partial charge is 0.353 e. The van der Waals surface area contributed by atoms with Gasteiger partial charge in [-0.25, -0.2) is 4.98 Å². The zero-order valence-corrected chi connectivity index (χ0v) is 17.5. The molecule has 160 valence electrons. The van der Waals surface area contributed by atoms with Gasteiger partial charge in [0.25, 0.3) is 5.91 Å². The third-order valence-corrected chi connectivity index (χ3v) is 6.12. The maximum Gasteiger partial charge on any atom is 0.253 e. The lowest BCUT2D eigenvalue weighted by molar-refractivity contribution is 0.0746. The van der Waals surface area contributed by atoms with E-state index in [0.29, 0.717) is 30.4 Å². The summed E-state index contributed by atoms with van der Waals surface area (Å²) in [6.07, 6.45) is 5.81. The summed E-state index contributed by atoms with van der Waals surface area (Å²) in [5, 5.41) is 5.06. The van der Waals surface area contributed by atoms with Crippen molar-refractivity contribution < 1.29 is 9.32 Å². The number of anilines is 1. The van der Waals surface area contributed by atoms with Gasteiger partial charge in [0.1, 0.15) is 5.82 Å². The molecule has 1 saturated heterocycles. The Morgan fingerprint density at radius 2 is 1.88 bits per heavy atom. The number of carbonyl (C=O) groups excluding carboxylic acids is 1. The molecule has 0 radical (unpaired) electrons. The molecule has 1 aliphatic heterocycles. The fourth-order valence-corrected chi connectivity index (χ4v) is 4.08. The molecule has 0 atom stereocenters. The lowest BCUT2D eigenvalue weighted by atomic mass is 10.1. The van der Waals surface area contributed by atoms with Gasteiger partial charge in [0.05, 0.1) is 5.52 Å². The van der Waals surface area contributed by atoms with Crippen molar-refractivity contribution in [3.05, 3.63) is 66.3 Å². The first-order chi connectivity index (χ1) is 15.7. The fourth-order valence-electron chi connectivity index (χ4n) is 4.08. The Hall–Kier alpha value is -3.81. The van der Waals surface area contributed by atoms with Gasteiger partial charge >= 0.3 is 0 Å². The molecular weight excluding hydrogens is 404 g/mol. The number of rotatable bonds is 4. The lowest BCUT2D eigenvalue weighted by Gasteiger charge is -2.35. The van der Waals surface area contributed by atoms with Crippen molar-refractivity contribution in [1.29, 1.82) is 0 Å². The molecule has 0 spiro atoms. The highest BCUT2D eigenvalue weighted by atomic mass is 16.5. The standard InChI is InChI=1S/C24H22N6O2/c31-24(18-5-7-20-17(14-18)2-1-9-25-20)30-12-10-29(11-13-30)21-8-6-19(15-26-21)22-27-23(32-28-22)16-3-4-16/h1-2,5-9,14-16H,3-4,10-13H2. The average molecular weight is 426 g/mol. The van der Waals surface area contributed by atoms with Gasteiger partial charge in [-0.1, -0.05) is 11.2 Å². The Morgan fingerprint density at radius 1 is 1.00 bits per heavy atom. The Balaban J connectivity index is 1.10. The molecular formula is C24H22N6O2. The maximum atomic E-state index is 13.0. The number of hydrogen-bond acceptors (Lipinski definition) is 7. The second-order valence-corrected chi connectivity index (χ2v) is 8.33. The molecule has 8 heteroatoms. The van der Waals surface area contributed by atoms with Crippen molar-refractivity contribution in [2.75, 3.05) is 31.1 Å². The van der Waals surface area contributed by atoms with Crippen LogP contribution in [0.1, 0.15) is 35.0 Å². The van der Waals surface area contributed by atoms with Crippen molar-refractivity contribution in [2.24, 2.45) is 0 Å². The average Bonchev–Trinajstić information content (AvgIpc) is 3.60. The van der Waals surface area contributed by atoms with E-state index in [1.807, 2.05) is 47.4 Å². The summed E-state index contributed by atoms with van der Waals surface area (Å²) in [6, 6.07) is 13.5. The minimum absolute atomic E-state index is 0.0577. The molecule has 8 nitrogen and oxygen atoms in total. The van der Waals surface area contributed by atoms with Crippen molar-refractivity contribution >= 4 is 22.6 Å². The SMILES string of the molecule is O=C(c1ccc2ncccc2c1)N1CCN(c2ccc(-c3noc(C4CC4)n3)cn2)CC1. The number of benzene rings is 1. The molecule has 0 unspecified atom stereocenters. The maximum absolute atomic E-state index is 13.0. The first-order valence-electron chi connectivity index (χ1n) is 10.9. The van der Waals surface area contributed by atoms with Gasteiger partial charge in [0.15, 0.2) is 0 Å². The third kappa shape index (κ3) is 3.57. The topological polar surface area (TPSA) is 88.3 Å². The molecule has 1 aliphatic carbocycles. The van der Waals surface area contributed by atoms with Crippen LogP contribution in [-0.2, 0) is 0 Å². The van der Waals surface area contributed by atoms with Crippen LogP contribution in [0.4, 0.5) is 5.82 Å². The van der Waals surface area contributed by atoms with Gasteiger partial charge in [-0.3, -0.25) is 9.78 Å². The van der Waals surface area contributed by atoms with Crippen molar-refractivity contribution in [3.8, 4) is 11.4 Å². The third-order valence-electron chi connectivity index (χ3n) is 6.12. The Bertz CT molecular complexity index is 1270. The molecule has 0 N–H and O–H groups in total. The number of amides is 1. The molecule has 1 aromatic carbocycles. The van der Waals surface area contributed by atoms with E-state index in [1.165, 1.54) is 0 Å². The predicted octanol–water partition coefficient (Wildman–Crippen LogP) is 3.52. The summed E-state index contributed by atoms with van der Waals surface area (Å²) in [7, 11) is 0. The van der Waals surface area contributed by atoms with Crippen LogP contribution < -0.4 is 4.90 Å². The molecule has 4 aromatic rings. The molecule has 1 amide bonds. The molecule has 1 saturated carbocycles. The first kappa shape index (κ1) is 18.9. The van der Waals surface area contributed by atoms with E-state index < -0.39 is 0 Å². The number of carbonyl (C=O) groups is 1. The van der Waals surface area contributed by atoms with Crippen LogP contribution in [0.3, 0.4) is 0 Å². The van der Waals surface area contributed by atoms with E-state index in [4.69, 9.17) is 4.52 Å². The molecule has 2 fully saturated rings. The van der Waals surface area contributed by atoms with Crippen LogP contribution in [0, 0.1) is 0 Å². The van der Waals surface area contributed by atoms with Crippen LogP contribution >= 0.6 is 0 Å². The Kier molecular flexibility index (Phi) is 4.56. The quantitative estimate of drug-likeness (QED) is 0.493. The second-order valence-electron chi connectivity index (χ2n) is 8.33. The Morgan fingerprint density at radius 3 is 2.66 bits per heavy atom. The number of hydrogen-bond donors (Lipinski definition) is 0. The van der Waals surface area contributed by atoms with Gasteiger partial charge in [-0.15, -0.1) is 0 Å². The summed E-state index contributed by atoms with van der Waals surface area (Å²) in [6.45, 7) is 2.79. The number of pyridine rings is 2. The number of fused-ring (bicyclic) bond motifs is 1. The highest BCUT2D eigenvalue weighted by molar-refractivity contribution is 5.98. The van der Waals surface area contributed by atoms with E-state index >= 15 is 0 Å². The zero-order chi connectivity index (χ0) is 21.5. The first-order valence-corrected chi connectivity index (χ1v) is 10.9. The molecule has 4 heterocycles. The van der Waals surface area contributed by atoms with Crippen LogP contribution in [0.15, 0.2) is 59.4 Å². The number of aromatic nitrogens is 4. The van der Waals surface area contributed by atoms with E-state index in [2.05, 4.69) is 25.0 Å². The van der Waals surface area contributed by atoms with Crippen molar-refractivity contribution in [2.45, 2.75) is 18.8 Å². The summed E-state index contributed by atoms with van der Waals surface area (Å²) in [4.78, 5) is 30.5. The van der Waals surface area contributed by atoms with Crippen LogP contribution in [0.25, 0.3) is 22.3 Å². The van der Waals surface area contributed by atoms with Gasteiger partial charge in [0, 0.05) is 61.0 Å². The van der Waals surface area contributed by atoms with Crippen molar-refractivity contribution in [3.63, 3.8) is 0 Å². The highest BCUT2D eigenvalue weighted by Crippen LogP contribution is 2.39. The molecule has 0 bridgehead atoms. The number of piperazine rings is 1. The van der Waals surface area contributed by atoms with Gasteiger partial charge in [-0.05, 0) is 49.2 Å². The van der Waals surface area contributed by atoms with E-state index in [0.717, 1.165) is 54.1 Å². The van der Waals surface area contributed by atoms with Crippen LogP contribution in [-0.4, -0.2) is 57.1 Å². The molecule has 32 heavy (non-hydrogen) atoms. The highest BCUT2D eigenvalue weighted by Gasteiger charge is 2.30. The lowest BCUT2D eigenvalue weighted by Crippen LogP contribution is -2.49. The van der Waals surface area contributed by atoms with Gasteiger partial charge in [-0.2, -0.15) is 4.98 Å². The number of nitrogens with zero attached hydrogens (tertiary/aromatic N) is 6. The predicted molar refractivity (Wildman–Crippen MR) is 119 cm³/mol. The summed E-state index contributed by atoms with van der Waals surface area (Å²) >= 11 is 0. The van der Waals surface area contributed by atoms with Gasteiger partial charge < -0.3 is 14.3 Å². The van der Waals surface area contributed by atoms with E-state index in [-0.39, 0.29) is 5.91 Å². The molecule has 6 rings (SSSR count). The minimum Gasteiger partial charge on any atom is -0.353 e. The normalized spacial score (nSPS) is 16.5. The van der Waals surface area contributed by atoms with Gasteiger partial charge in [0.2, 0.25) is 11.7 Å². The zero-order valence-electron chi connectivity index (χ0n) is 17.5. The van der Waals surface area contributed by atoms with E-state index in [9.17, 15) is 4.79 Å². The second kappa shape index (κ2) is 7.71. The minimum atomic E-state index is 0.0577. The van der Waals surface area contributed by atoms with E-state index in [1.54, 1.807) is 12.4 Å². The smallest absolute Gasteiger partial charge is 0.253 e. The summed E-state index contributed by atoms with van der Waals surface area (Å²) in [5.41, 5.74) is 2.45. The Labute approximate surface area is 184 Å². The van der Waals surface area contributed by atoms with Crippen molar-refractivity contribution in [1.82, 2.24) is 25.0 Å². The molecule has 3 aromatic heterocycles.